The molecule has 1 fully saturated rings. The van der Waals surface area contributed by atoms with Gasteiger partial charge in [0.1, 0.15) is 5.75 Å². The normalized spacial score (nSPS) is 18.3. The summed E-state index contributed by atoms with van der Waals surface area (Å²) in [5, 5.41) is 0. The molecular weight excluding hydrogens is 358 g/mol. The van der Waals surface area contributed by atoms with E-state index in [0.717, 1.165) is 11.1 Å². The second-order valence-electron chi connectivity index (χ2n) is 6.38. The first-order valence-corrected chi connectivity index (χ1v) is 10.4. The maximum absolute atomic E-state index is 12.3. The molecule has 1 aliphatic heterocycles. The van der Waals surface area contributed by atoms with Gasteiger partial charge < -0.3 is 14.4 Å². The van der Waals surface area contributed by atoms with E-state index >= 15 is 0 Å². The molecule has 1 heterocycles. The van der Waals surface area contributed by atoms with Crippen molar-refractivity contribution in [2.45, 2.75) is 33.2 Å². The van der Waals surface area contributed by atoms with E-state index in [4.69, 9.17) is 9.47 Å². The lowest BCUT2D eigenvalue weighted by atomic mass is 10.1. The fraction of sp³-hybridized carbons (Fsp3) is 0.556. The van der Waals surface area contributed by atoms with Gasteiger partial charge in [-0.1, -0.05) is 12.1 Å². The number of esters is 1. The van der Waals surface area contributed by atoms with E-state index in [1.807, 2.05) is 26.0 Å². The van der Waals surface area contributed by atoms with E-state index < -0.39 is 28.3 Å². The molecule has 0 N–H and O–H groups in total. The molecule has 0 saturated carbocycles. The zero-order valence-electron chi connectivity index (χ0n) is 15.4. The van der Waals surface area contributed by atoms with Crippen molar-refractivity contribution < 1.29 is 27.5 Å². The van der Waals surface area contributed by atoms with Crippen LogP contribution in [0.15, 0.2) is 18.2 Å². The summed E-state index contributed by atoms with van der Waals surface area (Å²) < 4.78 is 33.6. The summed E-state index contributed by atoms with van der Waals surface area (Å²) in [5.74, 6) is -0.384. The molecule has 1 aliphatic rings. The molecule has 0 aliphatic carbocycles. The second-order valence-corrected chi connectivity index (χ2v) is 8.61. The van der Waals surface area contributed by atoms with Crippen molar-refractivity contribution in [3.8, 4) is 5.75 Å². The van der Waals surface area contributed by atoms with Crippen LogP contribution in [-0.4, -0.2) is 62.5 Å². The maximum atomic E-state index is 12.3. The van der Waals surface area contributed by atoms with E-state index in [9.17, 15) is 18.0 Å². The van der Waals surface area contributed by atoms with Crippen LogP contribution in [0.3, 0.4) is 0 Å². The van der Waals surface area contributed by atoms with E-state index in [0.29, 0.717) is 18.7 Å². The standard InChI is InChI=1S/C18H25NO6S/c1-4-19(15-8-9-26(22,23)12-15)17(20)10-25-18(21)11-24-16-7-5-6-13(2)14(16)3/h5-7,15H,4,8-12H2,1-3H3/t15-/m0/s1. The average molecular weight is 383 g/mol. The molecule has 26 heavy (non-hydrogen) atoms. The summed E-state index contributed by atoms with van der Waals surface area (Å²) in [5.41, 5.74) is 1.99. The van der Waals surface area contributed by atoms with Crippen LogP contribution in [0.2, 0.25) is 0 Å². The number of sulfone groups is 1. The Morgan fingerprint density at radius 3 is 2.58 bits per heavy atom. The van der Waals surface area contributed by atoms with Gasteiger partial charge in [0.05, 0.1) is 11.5 Å². The number of nitrogens with zero attached hydrogens (tertiary/aromatic N) is 1. The predicted molar refractivity (Wildman–Crippen MR) is 96.8 cm³/mol. The molecule has 0 spiro atoms. The molecule has 0 radical (unpaired) electrons. The highest BCUT2D eigenvalue weighted by Crippen LogP contribution is 2.20. The van der Waals surface area contributed by atoms with Crippen molar-refractivity contribution in [3.63, 3.8) is 0 Å². The smallest absolute Gasteiger partial charge is 0.344 e. The highest BCUT2D eigenvalue weighted by Gasteiger charge is 2.34. The molecule has 0 unspecified atom stereocenters. The Bertz CT molecular complexity index is 774. The number of benzene rings is 1. The number of hydrogen-bond acceptors (Lipinski definition) is 6. The molecule has 8 heteroatoms. The van der Waals surface area contributed by atoms with Gasteiger partial charge in [0.15, 0.2) is 23.1 Å². The van der Waals surface area contributed by atoms with E-state index in [2.05, 4.69) is 0 Å². The molecule has 0 aromatic heterocycles. The zero-order chi connectivity index (χ0) is 19.3. The first-order valence-electron chi connectivity index (χ1n) is 8.58. The first-order chi connectivity index (χ1) is 12.2. The minimum absolute atomic E-state index is 0.0315. The lowest BCUT2D eigenvalue weighted by Gasteiger charge is -2.26. The van der Waals surface area contributed by atoms with Crippen LogP contribution < -0.4 is 4.74 Å². The van der Waals surface area contributed by atoms with Crippen molar-refractivity contribution in [3.05, 3.63) is 29.3 Å². The summed E-state index contributed by atoms with van der Waals surface area (Å²) in [6.07, 6.45) is 0.422. The molecule has 1 aromatic rings. The minimum Gasteiger partial charge on any atom is -0.482 e. The summed E-state index contributed by atoms with van der Waals surface area (Å²) in [7, 11) is -3.08. The first kappa shape index (κ1) is 20.2. The molecule has 144 valence electrons. The molecule has 0 bridgehead atoms. The average Bonchev–Trinajstić information content (AvgIpc) is 2.94. The Kier molecular flexibility index (Phi) is 6.63. The topological polar surface area (TPSA) is 90.0 Å². The van der Waals surface area contributed by atoms with Gasteiger partial charge in [-0.3, -0.25) is 4.79 Å². The molecule has 1 atom stereocenters. The maximum Gasteiger partial charge on any atom is 0.344 e. The quantitative estimate of drug-likeness (QED) is 0.659. The highest BCUT2D eigenvalue weighted by molar-refractivity contribution is 7.91. The van der Waals surface area contributed by atoms with Crippen LogP contribution in [0.1, 0.15) is 24.5 Å². The predicted octanol–water partition coefficient (Wildman–Crippen LogP) is 1.26. The van der Waals surface area contributed by atoms with Gasteiger partial charge in [-0.2, -0.15) is 0 Å². The fourth-order valence-corrected chi connectivity index (χ4v) is 4.67. The Labute approximate surface area is 154 Å². The number of aryl methyl sites for hydroxylation is 1. The molecule has 1 amide bonds. The van der Waals surface area contributed by atoms with Gasteiger partial charge >= 0.3 is 5.97 Å². The van der Waals surface area contributed by atoms with Crippen LogP contribution in [-0.2, 0) is 24.2 Å². The third kappa shape index (κ3) is 5.20. The molecule has 7 nitrogen and oxygen atoms in total. The lowest BCUT2D eigenvalue weighted by molar-refractivity contribution is -0.154. The SMILES string of the molecule is CCN(C(=O)COC(=O)COc1cccc(C)c1C)[C@H]1CCS(=O)(=O)C1. The largest absolute Gasteiger partial charge is 0.482 e. The number of hydrogen-bond donors (Lipinski definition) is 0. The molecule has 1 aromatic carbocycles. The van der Waals surface area contributed by atoms with Crippen molar-refractivity contribution >= 4 is 21.7 Å². The number of ether oxygens (including phenoxy) is 2. The molecular formula is C18H25NO6S. The summed E-state index contributed by atoms with van der Waals surface area (Å²) >= 11 is 0. The Morgan fingerprint density at radius 2 is 1.96 bits per heavy atom. The fourth-order valence-electron chi connectivity index (χ4n) is 2.94. The summed E-state index contributed by atoms with van der Waals surface area (Å²) in [4.78, 5) is 25.6. The summed E-state index contributed by atoms with van der Waals surface area (Å²) in [6, 6.07) is 5.20. The van der Waals surface area contributed by atoms with Crippen molar-refractivity contribution in [2.24, 2.45) is 0 Å². The number of carbonyl (C=O) groups excluding carboxylic acids is 2. The number of likely N-dealkylation sites (N-methyl/N-ethyl adjacent to an activating group) is 1. The van der Waals surface area contributed by atoms with Crippen molar-refractivity contribution in [2.75, 3.05) is 31.3 Å². The molecule has 2 rings (SSSR count). The third-order valence-electron chi connectivity index (χ3n) is 4.57. The van der Waals surface area contributed by atoms with Gasteiger partial charge in [-0.15, -0.1) is 0 Å². The van der Waals surface area contributed by atoms with Gasteiger partial charge in [0, 0.05) is 12.6 Å². The summed E-state index contributed by atoms with van der Waals surface area (Å²) in [6.45, 7) is 5.28. The third-order valence-corrected chi connectivity index (χ3v) is 6.32. The van der Waals surface area contributed by atoms with Crippen molar-refractivity contribution in [1.29, 1.82) is 0 Å². The monoisotopic (exact) mass is 383 g/mol. The van der Waals surface area contributed by atoms with Crippen LogP contribution >= 0.6 is 0 Å². The number of rotatable bonds is 7. The Balaban J connectivity index is 1.82. The molecule has 1 saturated heterocycles. The van der Waals surface area contributed by atoms with E-state index in [1.54, 1.807) is 13.0 Å². The van der Waals surface area contributed by atoms with Gasteiger partial charge in [-0.05, 0) is 44.4 Å². The van der Waals surface area contributed by atoms with Gasteiger partial charge in [0.25, 0.3) is 5.91 Å². The van der Waals surface area contributed by atoms with Gasteiger partial charge in [-0.25, -0.2) is 13.2 Å². The number of amides is 1. The van der Waals surface area contributed by atoms with E-state index in [1.165, 1.54) is 4.90 Å². The minimum atomic E-state index is -3.08. The van der Waals surface area contributed by atoms with Crippen LogP contribution in [0.25, 0.3) is 0 Å². The van der Waals surface area contributed by atoms with Crippen LogP contribution in [0.4, 0.5) is 0 Å². The second kappa shape index (κ2) is 8.53. The number of carbonyl (C=O) groups is 2. The lowest BCUT2D eigenvalue weighted by Crippen LogP contribution is -2.43. The Morgan fingerprint density at radius 1 is 1.23 bits per heavy atom. The van der Waals surface area contributed by atoms with Crippen LogP contribution in [0.5, 0.6) is 5.75 Å². The van der Waals surface area contributed by atoms with E-state index in [-0.39, 0.29) is 24.2 Å². The zero-order valence-corrected chi connectivity index (χ0v) is 16.2. The van der Waals surface area contributed by atoms with Crippen LogP contribution in [0, 0.1) is 13.8 Å². The van der Waals surface area contributed by atoms with Gasteiger partial charge in [0.2, 0.25) is 0 Å². The van der Waals surface area contributed by atoms with Crippen molar-refractivity contribution in [1.82, 2.24) is 4.90 Å². The highest BCUT2D eigenvalue weighted by atomic mass is 32.2. The Hall–Kier alpha value is -2.09.